The van der Waals surface area contributed by atoms with E-state index in [2.05, 4.69) is 25.2 Å². The zero-order valence-corrected chi connectivity index (χ0v) is 15.1. The van der Waals surface area contributed by atoms with Gasteiger partial charge in [-0.3, -0.25) is 9.78 Å². The SMILES string of the molecule is Cc1nc(Nc2cccc3cccnc23)cc(N2CCC(C(=O)O)CC2)n1. The van der Waals surface area contributed by atoms with Gasteiger partial charge in [0, 0.05) is 30.7 Å². The van der Waals surface area contributed by atoms with Gasteiger partial charge in [-0.05, 0) is 31.9 Å². The van der Waals surface area contributed by atoms with Crippen LogP contribution in [-0.2, 0) is 4.79 Å². The van der Waals surface area contributed by atoms with Crippen LogP contribution in [0.4, 0.5) is 17.3 Å². The molecule has 27 heavy (non-hydrogen) atoms. The molecule has 0 spiro atoms. The highest BCUT2D eigenvalue weighted by atomic mass is 16.4. The lowest BCUT2D eigenvalue weighted by Gasteiger charge is -2.31. The van der Waals surface area contributed by atoms with E-state index in [1.165, 1.54) is 0 Å². The number of aryl methyl sites for hydroxylation is 1. The number of carbonyl (C=O) groups is 1. The van der Waals surface area contributed by atoms with E-state index in [0.29, 0.717) is 37.6 Å². The van der Waals surface area contributed by atoms with Crippen molar-refractivity contribution < 1.29 is 9.90 Å². The Balaban J connectivity index is 1.59. The number of piperidine rings is 1. The highest BCUT2D eigenvalue weighted by Gasteiger charge is 2.25. The average molecular weight is 363 g/mol. The number of carboxylic acid groups (broad SMARTS) is 1. The van der Waals surface area contributed by atoms with E-state index in [9.17, 15) is 9.90 Å². The summed E-state index contributed by atoms with van der Waals surface area (Å²) in [5.74, 6) is 1.23. The molecule has 1 fully saturated rings. The molecule has 7 nitrogen and oxygen atoms in total. The Morgan fingerprint density at radius 1 is 1.19 bits per heavy atom. The van der Waals surface area contributed by atoms with Crippen LogP contribution in [0.5, 0.6) is 0 Å². The van der Waals surface area contributed by atoms with Gasteiger partial charge >= 0.3 is 5.97 Å². The monoisotopic (exact) mass is 363 g/mol. The number of rotatable bonds is 4. The Bertz CT molecular complexity index is 978. The Morgan fingerprint density at radius 2 is 1.96 bits per heavy atom. The number of fused-ring (bicyclic) bond motifs is 1. The summed E-state index contributed by atoms with van der Waals surface area (Å²) in [6.07, 6.45) is 3.04. The molecule has 4 rings (SSSR count). The minimum atomic E-state index is -0.709. The fourth-order valence-corrected chi connectivity index (χ4v) is 3.48. The van der Waals surface area contributed by atoms with Crippen molar-refractivity contribution in [3.63, 3.8) is 0 Å². The molecule has 1 saturated heterocycles. The van der Waals surface area contributed by atoms with Crippen LogP contribution in [0.2, 0.25) is 0 Å². The van der Waals surface area contributed by atoms with Crippen LogP contribution in [0.25, 0.3) is 10.9 Å². The second kappa shape index (κ2) is 7.19. The van der Waals surface area contributed by atoms with E-state index in [-0.39, 0.29) is 5.92 Å². The normalized spacial score (nSPS) is 15.1. The number of para-hydroxylation sites is 1. The molecule has 0 bridgehead atoms. The van der Waals surface area contributed by atoms with Crippen molar-refractivity contribution in [1.82, 2.24) is 15.0 Å². The van der Waals surface area contributed by atoms with E-state index in [0.717, 1.165) is 22.4 Å². The summed E-state index contributed by atoms with van der Waals surface area (Å²) in [5.41, 5.74) is 1.78. The summed E-state index contributed by atoms with van der Waals surface area (Å²) < 4.78 is 0. The Kier molecular flexibility index (Phi) is 4.58. The molecule has 0 aliphatic carbocycles. The number of hydrogen-bond donors (Lipinski definition) is 2. The molecule has 138 valence electrons. The molecule has 0 unspecified atom stereocenters. The first-order valence-corrected chi connectivity index (χ1v) is 9.04. The summed E-state index contributed by atoms with van der Waals surface area (Å²) >= 11 is 0. The predicted octanol–water partition coefficient (Wildman–Crippen LogP) is 3.38. The van der Waals surface area contributed by atoms with Gasteiger partial charge in [0.25, 0.3) is 0 Å². The molecule has 3 heterocycles. The van der Waals surface area contributed by atoms with Crippen molar-refractivity contribution in [2.75, 3.05) is 23.3 Å². The number of benzene rings is 1. The largest absolute Gasteiger partial charge is 0.481 e. The van der Waals surface area contributed by atoms with Crippen LogP contribution in [0.3, 0.4) is 0 Å². The molecule has 0 saturated carbocycles. The van der Waals surface area contributed by atoms with Crippen LogP contribution in [0.1, 0.15) is 18.7 Å². The van der Waals surface area contributed by atoms with Gasteiger partial charge in [-0.15, -0.1) is 0 Å². The van der Waals surface area contributed by atoms with E-state index in [1.807, 2.05) is 43.3 Å². The molecule has 1 aliphatic heterocycles. The standard InChI is InChI=1S/C20H21N5O2/c1-13-22-17(24-16-6-2-4-14-5-3-9-21-19(14)16)12-18(23-13)25-10-7-15(8-11-25)20(26)27/h2-6,9,12,15H,7-8,10-11H2,1H3,(H,26,27)(H,22,23,24). The van der Waals surface area contributed by atoms with Gasteiger partial charge in [0.15, 0.2) is 0 Å². The highest BCUT2D eigenvalue weighted by molar-refractivity contribution is 5.91. The first-order chi connectivity index (χ1) is 13.1. The number of anilines is 3. The Labute approximate surface area is 157 Å². The molecular formula is C20H21N5O2. The summed E-state index contributed by atoms with van der Waals surface area (Å²) in [7, 11) is 0. The van der Waals surface area contributed by atoms with Gasteiger partial charge in [-0.25, -0.2) is 9.97 Å². The maximum absolute atomic E-state index is 11.2. The number of aromatic nitrogens is 3. The van der Waals surface area contributed by atoms with Crippen LogP contribution in [0.15, 0.2) is 42.6 Å². The number of carboxylic acids is 1. The third-order valence-corrected chi connectivity index (χ3v) is 4.89. The fraction of sp³-hybridized carbons (Fsp3) is 0.300. The molecule has 2 N–H and O–H groups in total. The first kappa shape index (κ1) is 17.2. The summed E-state index contributed by atoms with van der Waals surface area (Å²) in [6.45, 7) is 3.23. The quantitative estimate of drug-likeness (QED) is 0.734. The van der Waals surface area contributed by atoms with Crippen molar-refractivity contribution in [3.8, 4) is 0 Å². The molecule has 2 aromatic heterocycles. The number of nitrogens with one attached hydrogen (secondary N) is 1. The van der Waals surface area contributed by atoms with Crippen molar-refractivity contribution in [3.05, 3.63) is 48.4 Å². The van der Waals surface area contributed by atoms with Gasteiger partial charge in [0.05, 0.1) is 17.1 Å². The molecular weight excluding hydrogens is 342 g/mol. The van der Waals surface area contributed by atoms with E-state index in [1.54, 1.807) is 6.20 Å². The van der Waals surface area contributed by atoms with Crippen molar-refractivity contribution in [2.45, 2.75) is 19.8 Å². The van der Waals surface area contributed by atoms with Crippen LogP contribution >= 0.6 is 0 Å². The zero-order chi connectivity index (χ0) is 18.8. The molecule has 3 aromatic rings. The van der Waals surface area contributed by atoms with Gasteiger partial charge in [0.2, 0.25) is 0 Å². The van der Waals surface area contributed by atoms with Gasteiger partial charge in [0.1, 0.15) is 17.5 Å². The topological polar surface area (TPSA) is 91.2 Å². The van der Waals surface area contributed by atoms with E-state index < -0.39 is 5.97 Å². The van der Waals surface area contributed by atoms with Gasteiger partial charge in [-0.1, -0.05) is 18.2 Å². The fourth-order valence-electron chi connectivity index (χ4n) is 3.48. The van der Waals surface area contributed by atoms with Crippen molar-refractivity contribution in [1.29, 1.82) is 0 Å². The second-order valence-electron chi connectivity index (χ2n) is 6.76. The zero-order valence-electron chi connectivity index (χ0n) is 15.1. The van der Waals surface area contributed by atoms with Crippen LogP contribution in [0, 0.1) is 12.8 Å². The summed E-state index contributed by atoms with van der Waals surface area (Å²) in [6, 6.07) is 11.8. The predicted molar refractivity (Wildman–Crippen MR) is 104 cm³/mol. The number of aliphatic carboxylic acids is 1. The molecule has 0 radical (unpaired) electrons. The lowest BCUT2D eigenvalue weighted by molar-refractivity contribution is -0.142. The lowest BCUT2D eigenvalue weighted by atomic mass is 9.97. The summed E-state index contributed by atoms with van der Waals surface area (Å²) in [4.78, 5) is 26.8. The van der Waals surface area contributed by atoms with Crippen molar-refractivity contribution >= 4 is 34.2 Å². The molecule has 0 atom stereocenters. The van der Waals surface area contributed by atoms with Crippen LogP contribution in [-0.4, -0.2) is 39.1 Å². The Morgan fingerprint density at radius 3 is 2.74 bits per heavy atom. The first-order valence-electron chi connectivity index (χ1n) is 9.04. The number of pyridine rings is 1. The second-order valence-corrected chi connectivity index (χ2v) is 6.76. The third kappa shape index (κ3) is 3.67. The minimum absolute atomic E-state index is 0.261. The third-order valence-electron chi connectivity index (χ3n) is 4.89. The van der Waals surface area contributed by atoms with E-state index >= 15 is 0 Å². The highest BCUT2D eigenvalue weighted by Crippen LogP contribution is 2.27. The van der Waals surface area contributed by atoms with Gasteiger partial charge in [-0.2, -0.15) is 0 Å². The van der Waals surface area contributed by atoms with Gasteiger partial charge < -0.3 is 15.3 Å². The Hall–Kier alpha value is -3.22. The smallest absolute Gasteiger partial charge is 0.306 e. The maximum atomic E-state index is 11.2. The molecule has 0 amide bonds. The van der Waals surface area contributed by atoms with Crippen molar-refractivity contribution in [2.24, 2.45) is 5.92 Å². The molecule has 1 aromatic carbocycles. The average Bonchev–Trinajstić information content (AvgIpc) is 2.68. The summed E-state index contributed by atoms with van der Waals surface area (Å²) in [5, 5.41) is 13.6. The maximum Gasteiger partial charge on any atom is 0.306 e. The minimum Gasteiger partial charge on any atom is -0.481 e. The number of nitrogens with zero attached hydrogens (tertiary/aromatic N) is 4. The molecule has 7 heteroatoms. The van der Waals surface area contributed by atoms with E-state index in [4.69, 9.17) is 0 Å². The molecule has 1 aliphatic rings. The van der Waals surface area contributed by atoms with Crippen LogP contribution < -0.4 is 10.2 Å². The lowest BCUT2D eigenvalue weighted by Crippen LogP contribution is -2.36. The number of hydrogen-bond acceptors (Lipinski definition) is 6.